The maximum absolute atomic E-state index is 14.3. The Labute approximate surface area is 240 Å². The number of rotatable bonds is 8. The summed E-state index contributed by atoms with van der Waals surface area (Å²) in [5.41, 5.74) is -0.725. The number of nitro groups is 1. The molecule has 224 valence electrons. The van der Waals surface area contributed by atoms with E-state index in [1.165, 1.54) is 6.07 Å². The van der Waals surface area contributed by atoms with Crippen molar-refractivity contribution < 1.29 is 32.1 Å². The number of fused-ring (bicyclic) bond motifs is 2. The molecule has 43 heavy (non-hydrogen) atoms. The molecule has 0 aliphatic carbocycles. The van der Waals surface area contributed by atoms with Crippen molar-refractivity contribution in [2.75, 3.05) is 10.6 Å². The van der Waals surface area contributed by atoms with Gasteiger partial charge < -0.3 is 10.6 Å². The minimum atomic E-state index is -1.57. The number of H-pyrrole nitrogens is 2. The van der Waals surface area contributed by atoms with E-state index >= 15 is 0 Å². The first kappa shape index (κ1) is 30.6. The average molecular weight is 600 g/mol. The molecule has 0 unspecified atom stereocenters. The molecule has 0 saturated carbocycles. The molecule has 0 spiro atoms. The highest BCUT2D eigenvalue weighted by Gasteiger charge is 2.25. The molecule has 0 bridgehead atoms. The smallest absolute Gasteiger partial charge is 0.308 e. The Morgan fingerprint density at radius 2 is 1.28 bits per heavy atom. The molecular weight excluding hydrogens is 574 g/mol. The fourth-order valence-electron chi connectivity index (χ4n) is 4.17. The van der Waals surface area contributed by atoms with Crippen LogP contribution in [0.15, 0.2) is 42.5 Å². The highest BCUT2D eigenvalue weighted by Crippen LogP contribution is 2.33. The van der Waals surface area contributed by atoms with Gasteiger partial charge in [-0.1, -0.05) is 44.2 Å². The van der Waals surface area contributed by atoms with Gasteiger partial charge in [-0.3, -0.25) is 29.9 Å². The summed E-state index contributed by atoms with van der Waals surface area (Å²) in [6.07, 6.45) is 1.84. The molecule has 0 aliphatic heterocycles. The molecule has 0 atom stereocenters. The van der Waals surface area contributed by atoms with Gasteiger partial charge in [-0.15, -0.1) is 0 Å². The Morgan fingerprint density at radius 3 is 1.77 bits per heavy atom. The maximum atomic E-state index is 14.3. The average Bonchev–Trinajstić information content (AvgIpc) is 3.57. The van der Waals surface area contributed by atoms with Crippen molar-refractivity contribution in [1.82, 2.24) is 20.4 Å². The van der Waals surface area contributed by atoms with E-state index < -0.39 is 33.9 Å². The van der Waals surface area contributed by atoms with Crippen LogP contribution in [0.1, 0.15) is 39.5 Å². The van der Waals surface area contributed by atoms with Gasteiger partial charge in [-0.05, 0) is 24.5 Å². The Bertz CT molecular complexity index is 1820. The van der Waals surface area contributed by atoms with Crippen LogP contribution in [0, 0.1) is 33.4 Å². The molecule has 2 aromatic heterocycles. The zero-order chi connectivity index (χ0) is 31.3. The number of aromatic nitrogens is 4. The Balaban J connectivity index is 0.000000199. The van der Waals surface area contributed by atoms with E-state index in [9.17, 15) is 37.3 Å². The summed E-state index contributed by atoms with van der Waals surface area (Å²) in [6, 6.07) is 11.0. The van der Waals surface area contributed by atoms with Gasteiger partial charge in [0.2, 0.25) is 17.6 Å². The molecule has 0 saturated heterocycles. The van der Waals surface area contributed by atoms with Gasteiger partial charge in [-0.25, -0.2) is 13.2 Å². The summed E-state index contributed by atoms with van der Waals surface area (Å²) in [5, 5.41) is 28.1. The summed E-state index contributed by atoms with van der Waals surface area (Å²) in [5.74, 6) is -5.38. The molecule has 0 aliphatic rings. The normalized spacial score (nSPS) is 10.8. The fraction of sp³-hybridized carbons (Fsp3) is 0.214. The molecule has 4 N–H and O–H groups in total. The van der Waals surface area contributed by atoms with Gasteiger partial charge >= 0.3 is 5.69 Å². The SMILES string of the molecule is CCCC(=O)Nc1n[nH]c2c(F)c(F)c(-c3ccccc3)cc12.CCCC(=O)Nc1n[nH]c2c(F)c(F)c([N+](=O)[O-])cc12. The molecular formula is C28H25F4N7O4. The summed E-state index contributed by atoms with van der Waals surface area (Å²) >= 11 is 0. The molecule has 2 amide bonds. The quantitative estimate of drug-likeness (QED) is 0.0879. The molecule has 5 aromatic rings. The van der Waals surface area contributed by atoms with Crippen molar-refractivity contribution in [2.45, 2.75) is 39.5 Å². The number of carbonyl (C=O) groups is 2. The second-order valence-corrected chi connectivity index (χ2v) is 9.28. The lowest BCUT2D eigenvalue weighted by atomic mass is 10.0. The summed E-state index contributed by atoms with van der Waals surface area (Å²) < 4.78 is 55.7. The van der Waals surface area contributed by atoms with Crippen LogP contribution >= 0.6 is 0 Å². The predicted octanol–water partition coefficient (Wildman–Crippen LogP) is 6.73. The molecule has 15 heteroatoms. The monoisotopic (exact) mass is 599 g/mol. The van der Waals surface area contributed by atoms with E-state index in [1.807, 2.05) is 6.92 Å². The van der Waals surface area contributed by atoms with E-state index in [0.717, 1.165) is 6.07 Å². The van der Waals surface area contributed by atoms with Crippen molar-refractivity contribution in [3.05, 3.63) is 75.8 Å². The number of amides is 2. The van der Waals surface area contributed by atoms with Crippen molar-refractivity contribution in [3.63, 3.8) is 0 Å². The first-order valence-electron chi connectivity index (χ1n) is 13.1. The number of nitrogens with one attached hydrogen (secondary N) is 4. The van der Waals surface area contributed by atoms with E-state index in [4.69, 9.17) is 0 Å². The number of carbonyl (C=O) groups excluding carboxylic acids is 2. The van der Waals surface area contributed by atoms with Crippen LogP contribution in [0.25, 0.3) is 32.9 Å². The maximum Gasteiger partial charge on any atom is 0.308 e. The van der Waals surface area contributed by atoms with Gasteiger partial charge in [0, 0.05) is 29.9 Å². The van der Waals surface area contributed by atoms with E-state index in [1.54, 1.807) is 37.3 Å². The number of halogens is 4. The third-order valence-electron chi connectivity index (χ3n) is 6.21. The van der Waals surface area contributed by atoms with Gasteiger partial charge in [0.1, 0.15) is 11.0 Å². The first-order chi connectivity index (χ1) is 20.6. The van der Waals surface area contributed by atoms with Gasteiger partial charge in [-0.2, -0.15) is 14.6 Å². The first-order valence-corrected chi connectivity index (χ1v) is 13.1. The standard InChI is InChI=1S/C17H15F2N3O.C11H10F2N4O3/c1-2-6-13(23)20-17-12-9-11(10-7-4-3-5-8-10)14(18)15(19)16(12)21-22-17;1-2-3-7(18)14-11-5-4-6(17(19)20)8(12)9(13)10(5)15-16-11/h3-5,7-9H,2,6H2,1H3,(H2,20,21,22,23);4H,2-3H2,1H3,(H2,14,15,16,18). The van der Waals surface area contributed by atoms with Crippen LogP contribution in [0.3, 0.4) is 0 Å². The van der Waals surface area contributed by atoms with Crippen LogP contribution in [0.5, 0.6) is 0 Å². The molecule has 5 rings (SSSR count). The number of anilines is 2. The van der Waals surface area contributed by atoms with Crippen molar-refractivity contribution in [2.24, 2.45) is 0 Å². The lowest BCUT2D eigenvalue weighted by molar-refractivity contribution is -0.387. The Hall–Kier alpha value is -5.34. The highest BCUT2D eigenvalue weighted by molar-refractivity contribution is 6.02. The number of hydrogen-bond acceptors (Lipinski definition) is 6. The molecule has 0 fully saturated rings. The number of nitrogens with zero attached hydrogens (tertiary/aromatic N) is 3. The van der Waals surface area contributed by atoms with E-state index in [2.05, 4.69) is 31.0 Å². The van der Waals surface area contributed by atoms with Crippen LogP contribution < -0.4 is 10.6 Å². The minimum Gasteiger partial charge on any atom is -0.309 e. The van der Waals surface area contributed by atoms with Crippen LogP contribution in [-0.2, 0) is 9.59 Å². The topological polar surface area (TPSA) is 159 Å². The molecule has 3 aromatic carbocycles. The van der Waals surface area contributed by atoms with Gasteiger partial charge in [0.25, 0.3) is 0 Å². The Kier molecular flexibility index (Phi) is 9.33. The molecule has 11 nitrogen and oxygen atoms in total. The van der Waals surface area contributed by atoms with Crippen molar-refractivity contribution >= 4 is 50.9 Å². The largest absolute Gasteiger partial charge is 0.309 e. The second kappa shape index (κ2) is 13.1. The van der Waals surface area contributed by atoms with Crippen LogP contribution in [0.2, 0.25) is 0 Å². The molecule has 2 heterocycles. The third-order valence-corrected chi connectivity index (χ3v) is 6.21. The van der Waals surface area contributed by atoms with E-state index in [0.29, 0.717) is 30.2 Å². The summed E-state index contributed by atoms with van der Waals surface area (Å²) in [4.78, 5) is 32.8. The van der Waals surface area contributed by atoms with E-state index in [-0.39, 0.29) is 51.9 Å². The van der Waals surface area contributed by atoms with Crippen molar-refractivity contribution in [1.29, 1.82) is 0 Å². The van der Waals surface area contributed by atoms with Crippen molar-refractivity contribution in [3.8, 4) is 11.1 Å². The Morgan fingerprint density at radius 1 is 0.791 bits per heavy atom. The molecule has 0 radical (unpaired) electrons. The summed E-state index contributed by atoms with van der Waals surface area (Å²) in [6.45, 7) is 3.67. The van der Waals surface area contributed by atoms with Gasteiger partial charge in [0.05, 0.1) is 10.3 Å². The van der Waals surface area contributed by atoms with Gasteiger partial charge in [0.15, 0.2) is 29.1 Å². The summed E-state index contributed by atoms with van der Waals surface area (Å²) in [7, 11) is 0. The highest BCUT2D eigenvalue weighted by atomic mass is 19.2. The zero-order valence-corrected chi connectivity index (χ0v) is 22.9. The lowest BCUT2D eigenvalue weighted by Crippen LogP contribution is -2.11. The van der Waals surface area contributed by atoms with Crippen LogP contribution in [-0.4, -0.2) is 37.1 Å². The minimum absolute atomic E-state index is 0.0555. The fourth-order valence-corrected chi connectivity index (χ4v) is 4.17. The number of nitro benzene ring substituents is 1. The number of benzene rings is 3. The predicted molar refractivity (Wildman–Crippen MR) is 151 cm³/mol. The second-order valence-electron chi connectivity index (χ2n) is 9.28. The number of aromatic amines is 2. The zero-order valence-electron chi connectivity index (χ0n) is 22.9. The lowest BCUT2D eigenvalue weighted by Gasteiger charge is -2.06. The number of hydrogen-bond donors (Lipinski definition) is 4. The third kappa shape index (κ3) is 6.45. The van der Waals surface area contributed by atoms with Crippen LogP contribution in [0.4, 0.5) is 34.9 Å².